The Morgan fingerprint density at radius 3 is 2.60 bits per heavy atom. The predicted octanol–water partition coefficient (Wildman–Crippen LogP) is 6.14. The highest BCUT2D eigenvalue weighted by Gasteiger charge is 2.54. The SMILES string of the molecule is CN(OCC=O)C(=O)C1=C[N+]2(CCCS(=O)O)N=C(/C=C/C=C/C=C3/N(CCCSO)c4ccc(SO)cc4C3(C)C)C(C)(C)C2=C1. The quantitative estimate of drug-likeness (QED) is 0.0350. The van der Waals surface area contributed by atoms with Crippen molar-refractivity contribution in [2.45, 2.75) is 50.8 Å². The molecule has 0 aliphatic carbocycles. The van der Waals surface area contributed by atoms with Crippen molar-refractivity contribution >= 4 is 58.8 Å². The van der Waals surface area contributed by atoms with E-state index in [1.165, 1.54) is 7.05 Å². The molecule has 0 saturated heterocycles. The molecule has 3 aliphatic rings. The first-order chi connectivity index (χ1) is 22.3. The van der Waals surface area contributed by atoms with Gasteiger partial charge in [0.2, 0.25) is 0 Å². The van der Waals surface area contributed by atoms with Crippen LogP contribution in [0.1, 0.15) is 46.1 Å². The first-order valence-corrected chi connectivity index (χ1v) is 18.2. The molecule has 0 aromatic heterocycles. The molecule has 2 atom stereocenters. The van der Waals surface area contributed by atoms with E-state index in [-0.39, 0.29) is 22.4 Å². The summed E-state index contributed by atoms with van der Waals surface area (Å²) < 4.78 is 39.8. The lowest BCUT2D eigenvalue weighted by molar-refractivity contribution is -0.844. The molecule has 3 aliphatic heterocycles. The lowest BCUT2D eigenvalue weighted by Crippen LogP contribution is -2.37. The summed E-state index contributed by atoms with van der Waals surface area (Å²) in [7, 11) is 1.45. The maximum Gasteiger partial charge on any atom is 0.282 e. The van der Waals surface area contributed by atoms with Gasteiger partial charge in [-0.2, -0.15) is 0 Å². The number of benzene rings is 1. The number of hydrogen-bond donors (Lipinski definition) is 3. The number of likely N-dealkylation sites (N-methyl/N-ethyl adjacent to an activating group) is 1. The van der Waals surface area contributed by atoms with Crippen molar-refractivity contribution in [2.24, 2.45) is 10.5 Å². The molecule has 0 bridgehead atoms. The Bertz CT molecular complexity index is 1580. The third-order valence-electron chi connectivity index (χ3n) is 8.63. The summed E-state index contributed by atoms with van der Waals surface area (Å²) in [6, 6.07) is 5.97. The predicted molar refractivity (Wildman–Crippen MR) is 189 cm³/mol. The van der Waals surface area contributed by atoms with Crippen LogP contribution < -0.4 is 4.90 Å². The molecule has 3 heterocycles. The van der Waals surface area contributed by atoms with Crippen LogP contribution in [0.4, 0.5) is 5.69 Å². The van der Waals surface area contributed by atoms with Gasteiger partial charge >= 0.3 is 0 Å². The van der Waals surface area contributed by atoms with Crippen molar-refractivity contribution in [3.05, 3.63) is 83.4 Å². The number of aldehydes is 1. The fourth-order valence-electron chi connectivity index (χ4n) is 6.29. The van der Waals surface area contributed by atoms with E-state index < -0.39 is 22.4 Å². The molecule has 254 valence electrons. The van der Waals surface area contributed by atoms with Crippen molar-refractivity contribution < 1.29 is 36.9 Å². The standard InChI is InChI=1S/C33H42N4O7S3/c1-32(2)26-22-25(46-41)13-14-27(26)36(15-9-19-45-40)29(32)12-8-6-7-11-28-33(3,4)30-21-24(31(39)35(5)44-18-17-38)23-37(30,34-28)16-10-20-47(42)43/h6-8,11-14,17,21-23H,9-10,15-16,18-20H2,1-5H3,(H2-,40,41,42,43)/p+1/b8-6+,11-7+,29-12+. The van der Waals surface area contributed by atoms with Crippen LogP contribution in [0.25, 0.3) is 0 Å². The topological polar surface area (TPSA) is 140 Å². The minimum atomic E-state index is -1.95. The third-order valence-corrected chi connectivity index (χ3v) is 10.2. The van der Waals surface area contributed by atoms with Gasteiger partial charge in [-0.3, -0.25) is 9.63 Å². The van der Waals surface area contributed by atoms with Crippen LogP contribution in [0.5, 0.6) is 0 Å². The molecule has 0 radical (unpaired) electrons. The second-order valence-electron chi connectivity index (χ2n) is 12.4. The van der Waals surface area contributed by atoms with Crippen LogP contribution in [0.2, 0.25) is 0 Å². The van der Waals surface area contributed by atoms with E-state index in [0.29, 0.717) is 30.6 Å². The highest BCUT2D eigenvalue weighted by Crippen LogP contribution is 2.50. The first kappa shape index (κ1) is 37.0. The number of amides is 1. The molecular weight excluding hydrogens is 661 g/mol. The van der Waals surface area contributed by atoms with Gasteiger partial charge in [-0.15, -0.1) is 4.59 Å². The Hall–Kier alpha value is -2.82. The Balaban J connectivity index is 1.61. The van der Waals surface area contributed by atoms with Gasteiger partial charge < -0.3 is 23.4 Å². The lowest BCUT2D eigenvalue weighted by Gasteiger charge is -2.27. The molecule has 11 nitrogen and oxygen atoms in total. The number of anilines is 1. The Morgan fingerprint density at radius 1 is 1.15 bits per heavy atom. The molecule has 1 aromatic rings. The van der Waals surface area contributed by atoms with Crippen LogP contribution in [0.3, 0.4) is 0 Å². The smallest absolute Gasteiger partial charge is 0.282 e. The van der Waals surface area contributed by atoms with Crippen LogP contribution in [0, 0.1) is 5.41 Å². The summed E-state index contributed by atoms with van der Waals surface area (Å²) in [4.78, 5) is 32.0. The number of hydrogen-bond acceptors (Lipinski definition) is 10. The van der Waals surface area contributed by atoms with E-state index in [1.54, 1.807) is 12.3 Å². The number of allylic oxidation sites excluding steroid dienone is 7. The Labute approximate surface area is 287 Å². The fraction of sp³-hybridized carbons (Fsp3) is 0.424. The molecule has 0 saturated carbocycles. The molecule has 1 aromatic carbocycles. The van der Waals surface area contributed by atoms with Gasteiger partial charge in [0.15, 0.2) is 16.8 Å². The maximum absolute atomic E-state index is 13.1. The van der Waals surface area contributed by atoms with Crippen molar-refractivity contribution in [2.75, 3.05) is 43.1 Å². The van der Waals surface area contributed by atoms with Crippen LogP contribution >= 0.6 is 24.1 Å². The molecule has 3 N–H and O–H groups in total. The van der Waals surface area contributed by atoms with E-state index in [1.807, 2.05) is 56.4 Å². The first-order valence-electron chi connectivity index (χ1n) is 15.2. The third kappa shape index (κ3) is 7.92. The fourth-order valence-corrected chi connectivity index (χ4v) is 7.23. The average molecular weight is 704 g/mol. The monoisotopic (exact) mass is 703 g/mol. The van der Waals surface area contributed by atoms with Crippen molar-refractivity contribution in [3.63, 3.8) is 0 Å². The molecule has 0 spiro atoms. The molecule has 4 rings (SSSR count). The minimum absolute atomic E-state index is 0.0158. The van der Waals surface area contributed by atoms with Crippen molar-refractivity contribution in [1.29, 1.82) is 0 Å². The number of carbonyl (C=O) groups excluding carboxylic acids is 2. The van der Waals surface area contributed by atoms with E-state index >= 15 is 0 Å². The van der Waals surface area contributed by atoms with Crippen molar-refractivity contribution in [1.82, 2.24) is 5.06 Å². The van der Waals surface area contributed by atoms with Gasteiger partial charge in [0.25, 0.3) is 5.91 Å². The lowest BCUT2D eigenvalue weighted by atomic mass is 9.83. The summed E-state index contributed by atoms with van der Waals surface area (Å²) in [6.45, 7) is 9.29. The number of nitrogens with zero attached hydrogens (tertiary/aromatic N) is 4. The van der Waals surface area contributed by atoms with E-state index in [0.717, 1.165) is 75.4 Å². The van der Waals surface area contributed by atoms with Crippen LogP contribution in [-0.2, 0) is 30.9 Å². The largest absolute Gasteiger partial charge is 0.344 e. The molecular formula is C33H43N4O7S3+. The van der Waals surface area contributed by atoms with E-state index in [4.69, 9.17) is 9.94 Å². The molecule has 2 unspecified atom stereocenters. The molecule has 47 heavy (non-hydrogen) atoms. The second-order valence-corrected chi connectivity index (χ2v) is 14.8. The zero-order chi connectivity index (χ0) is 34.4. The van der Waals surface area contributed by atoms with Gasteiger partial charge in [-0.1, -0.05) is 37.2 Å². The summed E-state index contributed by atoms with van der Waals surface area (Å²) in [5.41, 5.74) is 4.50. The van der Waals surface area contributed by atoms with Gasteiger partial charge in [0.1, 0.15) is 36.9 Å². The van der Waals surface area contributed by atoms with Gasteiger partial charge in [-0.25, -0.2) is 9.27 Å². The Kier molecular flexibility index (Phi) is 12.3. The van der Waals surface area contributed by atoms with Gasteiger partial charge in [0.05, 0.1) is 11.2 Å². The number of rotatable bonds is 16. The summed E-state index contributed by atoms with van der Waals surface area (Å²) in [6.07, 6.45) is 15.2. The van der Waals surface area contributed by atoms with Crippen LogP contribution in [-0.4, -0.2) is 83.7 Å². The van der Waals surface area contributed by atoms with E-state index in [9.17, 15) is 27.5 Å². The van der Waals surface area contributed by atoms with Crippen molar-refractivity contribution in [3.8, 4) is 0 Å². The highest BCUT2D eigenvalue weighted by molar-refractivity contribution is 7.94. The molecule has 1 amide bonds. The molecule has 14 heteroatoms. The summed E-state index contributed by atoms with van der Waals surface area (Å²) in [5.74, 6) is 0.301. The Morgan fingerprint density at radius 2 is 1.91 bits per heavy atom. The zero-order valence-electron chi connectivity index (χ0n) is 27.3. The van der Waals surface area contributed by atoms with Gasteiger partial charge in [-0.05, 0) is 68.2 Å². The maximum atomic E-state index is 13.1. The van der Waals surface area contributed by atoms with Crippen LogP contribution in [0.15, 0.2) is 87.8 Å². The highest BCUT2D eigenvalue weighted by atomic mass is 32.2. The normalized spacial score (nSPS) is 22.4. The zero-order valence-corrected chi connectivity index (χ0v) is 29.7. The summed E-state index contributed by atoms with van der Waals surface area (Å²) >= 11 is -0.377. The van der Waals surface area contributed by atoms with Gasteiger partial charge in [0, 0.05) is 65.6 Å². The number of fused-ring (bicyclic) bond motifs is 2. The minimum Gasteiger partial charge on any atom is -0.344 e. The summed E-state index contributed by atoms with van der Waals surface area (Å²) in [5, 5.41) is 6.08. The number of quaternary nitrogens is 1. The average Bonchev–Trinajstić information content (AvgIpc) is 3.58. The number of carbonyl (C=O) groups is 2. The number of hydroxylamine groups is 2. The second kappa shape index (κ2) is 15.6. The molecule has 0 fully saturated rings. The van der Waals surface area contributed by atoms with E-state index in [2.05, 4.69) is 24.8 Å².